The van der Waals surface area contributed by atoms with Gasteiger partial charge in [-0.15, -0.1) is 11.3 Å². The van der Waals surface area contributed by atoms with Gasteiger partial charge in [0.1, 0.15) is 28.0 Å². The summed E-state index contributed by atoms with van der Waals surface area (Å²) in [5.74, 6) is -1.13. The number of amidine groups is 2. The molecule has 3 aromatic rings. The van der Waals surface area contributed by atoms with Gasteiger partial charge in [0, 0.05) is 18.0 Å². The van der Waals surface area contributed by atoms with Gasteiger partial charge in [-0.25, -0.2) is 4.79 Å². The lowest BCUT2D eigenvalue weighted by Gasteiger charge is -2.37. The van der Waals surface area contributed by atoms with E-state index in [2.05, 4.69) is 21.6 Å². The van der Waals surface area contributed by atoms with E-state index in [0.717, 1.165) is 23.1 Å². The molecular weight excluding hydrogens is 525 g/mol. The van der Waals surface area contributed by atoms with E-state index >= 15 is 0 Å². The van der Waals surface area contributed by atoms with E-state index in [-0.39, 0.29) is 38.1 Å². The Morgan fingerprint density at radius 2 is 1.87 bits per heavy atom. The lowest BCUT2D eigenvalue weighted by atomic mass is 10.2. The Hall–Kier alpha value is -3.94. The molecule has 14 heteroatoms. The Kier molecular flexibility index (Phi) is 7.99. The number of rotatable bonds is 8. The highest BCUT2D eigenvalue weighted by Crippen LogP contribution is 2.35. The Bertz CT molecular complexity index is 1350. The van der Waals surface area contributed by atoms with Crippen LogP contribution in [0.3, 0.4) is 0 Å². The van der Waals surface area contributed by atoms with E-state index in [1.807, 2.05) is 6.07 Å². The average molecular weight is 551 g/mol. The minimum atomic E-state index is -4.83. The minimum Gasteiger partial charge on any atom is -0.482 e. The quantitative estimate of drug-likeness (QED) is 0.236. The molecule has 2 aromatic heterocycles. The fraction of sp³-hybridized carbons (Fsp3) is 0.375. The third-order valence-corrected chi connectivity index (χ3v) is 6.70. The summed E-state index contributed by atoms with van der Waals surface area (Å²) < 4.78 is 54.9. The second kappa shape index (κ2) is 11.2. The van der Waals surface area contributed by atoms with Crippen LogP contribution in [0.15, 0.2) is 30.3 Å². The zero-order valence-electron chi connectivity index (χ0n) is 20.6. The van der Waals surface area contributed by atoms with Crippen molar-refractivity contribution in [2.75, 3.05) is 38.3 Å². The summed E-state index contributed by atoms with van der Waals surface area (Å²) in [6, 6.07) is 8.46. The first-order valence-electron chi connectivity index (χ1n) is 11.6. The maximum Gasteiger partial charge on any atom is 0.449 e. The molecule has 1 aromatic carbocycles. The van der Waals surface area contributed by atoms with Gasteiger partial charge in [-0.3, -0.25) is 10.8 Å². The second-order valence-corrected chi connectivity index (χ2v) is 9.43. The van der Waals surface area contributed by atoms with Crippen LogP contribution < -0.4 is 14.4 Å². The fourth-order valence-electron chi connectivity index (χ4n) is 3.79. The van der Waals surface area contributed by atoms with Crippen LogP contribution in [-0.4, -0.2) is 72.0 Å². The van der Waals surface area contributed by atoms with Crippen molar-refractivity contribution < 1.29 is 32.2 Å². The van der Waals surface area contributed by atoms with Crippen molar-refractivity contribution in [3.05, 3.63) is 35.2 Å². The molecule has 10 nitrogen and oxygen atoms in total. The number of benzene rings is 1. The van der Waals surface area contributed by atoms with Gasteiger partial charge in [-0.2, -0.15) is 23.1 Å². The number of carbonyl (C=O) groups excluding carboxylic acids is 1. The van der Waals surface area contributed by atoms with Crippen LogP contribution >= 0.6 is 11.3 Å². The van der Waals surface area contributed by atoms with Crippen molar-refractivity contribution >= 4 is 45.0 Å². The lowest BCUT2D eigenvalue weighted by molar-refractivity contribution is -0.142. The van der Waals surface area contributed by atoms with Crippen molar-refractivity contribution in [3.63, 3.8) is 0 Å². The van der Waals surface area contributed by atoms with Crippen molar-refractivity contribution in [1.29, 1.82) is 10.8 Å². The molecular formula is C24H25F3N6O4S. The molecule has 1 aliphatic heterocycles. The molecule has 4 rings (SSSR count). The molecule has 3 heterocycles. The van der Waals surface area contributed by atoms with E-state index in [0.29, 0.717) is 27.0 Å². The Morgan fingerprint density at radius 1 is 1.16 bits per heavy atom. The largest absolute Gasteiger partial charge is 0.482 e. The third-order valence-electron chi connectivity index (χ3n) is 5.61. The Labute approximate surface area is 220 Å². The number of alkyl halides is 3. The van der Waals surface area contributed by atoms with Gasteiger partial charge in [0.2, 0.25) is 5.84 Å². The highest BCUT2D eigenvalue weighted by atomic mass is 32.1. The molecule has 1 aliphatic rings. The van der Waals surface area contributed by atoms with Crippen LogP contribution in [0.2, 0.25) is 0 Å². The average Bonchev–Trinajstić information content (AvgIpc) is 3.29. The Morgan fingerprint density at radius 3 is 2.50 bits per heavy atom. The first-order chi connectivity index (χ1) is 18.1. The first kappa shape index (κ1) is 27.1. The normalized spacial score (nSPS) is 14.1. The summed E-state index contributed by atoms with van der Waals surface area (Å²) in [6.45, 7) is 1.61. The van der Waals surface area contributed by atoms with E-state index in [9.17, 15) is 18.0 Å². The summed E-state index contributed by atoms with van der Waals surface area (Å²) in [7, 11) is 1.27. The Balaban J connectivity index is 1.59. The van der Waals surface area contributed by atoms with Crippen LogP contribution in [0.5, 0.6) is 17.5 Å². The van der Waals surface area contributed by atoms with Crippen molar-refractivity contribution in [3.8, 4) is 17.5 Å². The van der Waals surface area contributed by atoms with E-state index < -0.39 is 18.0 Å². The van der Waals surface area contributed by atoms with Crippen molar-refractivity contribution in [2.45, 2.75) is 25.9 Å². The lowest BCUT2D eigenvalue weighted by Crippen LogP contribution is -2.55. The summed E-state index contributed by atoms with van der Waals surface area (Å²) >= 11 is 1.48. The third kappa shape index (κ3) is 6.13. The van der Waals surface area contributed by atoms with Gasteiger partial charge < -0.3 is 24.0 Å². The fourth-order valence-corrected chi connectivity index (χ4v) is 4.90. The van der Waals surface area contributed by atoms with Gasteiger partial charge in [0.25, 0.3) is 0 Å². The van der Waals surface area contributed by atoms with E-state index in [1.165, 1.54) is 18.4 Å². The van der Waals surface area contributed by atoms with E-state index in [1.54, 1.807) is 29.2 Å². The molecule has 0 spiro atoms. The van der Waals surface area contributed by atoms with Crippen LogP contribution in [0.25, 0.3) is 10.2 Å². The minimum absolute atomic E-state index is 0.0395. The maximum absolute atomic E-state index is 13.0. The monoisotopic (exact) mass is 550 g/mol. The number of hydrogen-bond donors (Lipinski definition) is 2. The zero-order valence-corrected chi connectivity index (χ0v) is 21.4. The number of anilines is 1. The summed E-state index contributed by atoms with van der Waals surface area (Å²) in [4.78, 5) is 24.4. The first-order valence-corrected chi connectivity index (χ1v) is 12.4. The number of halogens is 3. The summed E-state index contributed by atoms with van der Waals surface area (Å²) in [5, 5.41) is 16.3. The summed E-state index contributed by atoms with van der Waals surface area (Å²) in [5.41, 5.74) is 0. The smallest absolute Gasteiger partial charge is 0.449 e. The molecule has 38 heavy (non-hydrogen) atoms. The number of piperazine rings is 1. The number of carbonyl (C=O) groups is 1. The van der Waals surface area contributed by atoms with Crippen LogP contribution in [0.1, 0.15) is 18.2 Å². The number of nitrogens with one attached hydrogen (secondary N) is 2. The number of ether oxygens (including phenoxy) is 3. The number of methoxy groups -OCH3 is 1. The second-order valence-electron chi connectivity index (χ2n) is 8.32. The molecule has 0 aliphatic carbocycles. The van der Waals surface area contributed by atoms with Crippen molar-refractivity contribution in [2.24, 2.45) is 0 Å². The number of fused-ring (bicyclic) bond motifs is 1. The zero-order chi connectivity index (χ0) is 27.4. The maximum atomic E-state index is 13.0. The molecule has 0 atom stereocenters. The standard InChI is InChI=1S/C24H25F3N6O4S/c1-3-4-16-11-17-20(32-9-10-33(18(28)12-32)22(29)24(25,26)27)30-23(31-21(17)38-16)37-15-7-5-14(6-8-15)36-13-19(34)35-2/h5-8,11,28-29H,3-4,9-10,12-13H2,1-2H3. The molecule has 202 valence electrons. The number of aromatic nitrogens is 2. The SMILES string of the molecule is CCCc1cc2c(N3CCN(C(=N)C(F)(F)F)C(=N)C3)nc(Oc3ccc(OCC(=O)OC)cc3)nc2s1. The van der Waals surface area contributed by atoms with Gasteiger partial charge in [0.05, 0.1) is 19.0 Å². The molecule has 0 bridgehead atoms. The van der Waals surface area contributed by atoms with Gasteiger partial charge in [0.15, 0.2) is 6.61 Å². The predicted octanol–water partition coefficient (Wildman–Crippen LogP) is 4.63. The highest BCUT2D eigenvalue weighted by molar-refractivity contribution is 7.18. The van der Waals surface area contributed by atoms with Crippen LogP contribution in [-0.2, 0) is 16.0 Å². The molecule has 0 amide bonds. The topological polar surface area (TPSA) is 125 Å². The van der Waals surface area contributed by atoms with Gasteiger partial charge >= 0.3 is 18.2 Å². The molecule has 0 saturated carbocycles. The molecule has 0 radical (unpaired) electrons. The highest BCUT2D eigenvalue weighted by Gasteiger charge is 2.41. The van der Waals surface area contributed by atoms with Gasteiger partial charge in [-0.1, -0.05) is 13.3 Å². The molecule has 0 unspecified atom stereocenters. The number of esters is 1. The van der Waals surface area contributed by atoms with Gasteiger partial charge in [-0.05, 0) is 36.8 Å². The molecule has 1 fully saturated rings. The van der Waals surface area contributed by atoms with Crippen molar-refractivity contribution in [1.82, 2.24) is 14.9 Å². The number of nitrogens with zero attached hydrogens (tertiary/aromatic N) is 4. The number of thiophene rings is 1. The summed E-state index contributed by atoms with van der Waals surface area (Å²) in [6.07, 6.45) is -3.08. The molecule has 1 saturated heterocycles. The number of aryl methyl sites for hydroxylation is 1. The van der Waals surface area contributed by atoms with Crippen LogP contribution in [0.4, 0.5) is 19.0 Å². The molecule has 2 N–H and O–H groups in total. The predicted molar refractivity (Wildman–Crippen MR) is 136 cm³/mol. The van der Waals surface area contributed by atoms with Crippen LogP contribution in [0, 0.1) is 10.8 Å². The van der Waals surface area contributed by atoms with E-state index in [4.69, 9.17) is 20.3 Å². The number of hydrogen-bond acceptors (Lipinski definition) is 10.